The van der Waals surface area contributed by atoms with Gasteiger partial charge in [-0.25, -0.2) is 25.9 Å². The Morgan fingerprint density at radius 2 is 1.70 bits per heavy atom. The lowest BCUT2D eigenvalue weighted by Crippen LogP contribution is -2.31. The number of nitrogens with one attached hydrogen (secondary N) is 1. The third-order valence-corrected chi connectivity index (χ3v) is 8.56. The van der Waals surface area contributed by atoms with E-state index in [-0.39, 0.29) is 28.6 Å². The van der Waals surface area contributed by atoms with Crippen molar-refractivity contribution in [3.05, 3.63) is 42.0 Å². The number of hydrogen-bond acceptors (Lipinski definition) is 8. The number of anilines is 1. The third kappa shape index (κ3) is 5.07. The number of carbonyl (C=O) groups is 1. The Bertz CT molecular complexity index is 1260. The number of sulfonamides is 2. The molecule has 0 spiro atoms. The second kappa shape index (κ2) is 9.57. The lowest BCUT2D eigenvalue weighted by Gasteiger charge is -2.18. The summed E-state index contributed by atoms with van der Waals surface area (Å²) in [6.45, 7) is 1.53. The Labute approximate surface area is 193 Å². The average molecular weight is 499 g/mol. The van der Waals surface area contributed by atoms with Crippen molar-refractivity contribution in [2.45, 2.75) is 18.2 Å². The minimum atomic E-state index is -4.11. The molecule has 0 radical (unpaired) electrons. The molecule has 0 aliphatic carbocycles. The zero-order chi connectivity index (χ0) is 24.4. The van der Waals surface area contributed by atoms with Crippen LogP contribution in [0.25, 0.3) is 0 Å². The normalized spacial score (nSPS) is 17.8. The number of ether oxygens (including phenoxy) is 3. The molecule has 1 aliphatic rings. The predicted molar refractivity (Wildman–Crippen MR) is 122 cm³/mol. The Morgan fingerprint density at radius 1 is 1.03 bits per heavy atom. The minimum absolute atomic E-state index is 0.0160. The summed E-state index contributed by atoms with van der Waals surface area (Å²) in [5, 5.41) is 0. The molecule has 0 aromatic heterocycles. The van der Waals surface area contributed by atoms with Crippen LogP contribution in [-0.4, -0.2) is 56.4 Å². The smallest absolute Gasteiger partial charge is 0.244 e. The molecule has 1 unspecified atom stereocenters. The van der Waals surface area contributed by atoms with Gasteiger partial charge in [0.05, 0.1) is 38.7 Å². The van der Waals surface area contributed by atoms with Gasteiger partial charge in [-0.05, 0) is 48.4 Å². The van der Waals surface area contributed by atoms with E-state index in [9.17, 15) is 21.6 Å². The second-order valence-corrected chi connectivity index (χ2v) is 11.0. The van der Waals surface area contributed by atoms with E-state index in [2.05, 4.69) is 4.72 Å². The molecule has 1 N–H and O–H groups in total. The van der Waals surface area contributed by atoms with Crippen molar-refractivity contribution in [3.63, 3.8) is 0 Å². The molecule has 180 valence electrons. The van der Waals surface area contributed by atoms with Crippen LogP contribution in [0, 0.1) is 5.92 Å². The highest BCUT2D eigenvalue weighted by Crippen LogP contribution is 2.34. The van der Waals surface area contributed by atoms with Crippen LogP contribution in [0.15, 0.2) is 41.3 Å². The lowest BCUT2D eigenvalue weighted by molar-refractivity contribution is -0.119. The zero-order valence-electron chi connectivity index (χ0n) is 18.7. The van der Waals surface area contributed by atoms with Crippen molar-refractivity contribution in [1.29, 1.82) is 0 Å². The number of amides is 1. The molecule has 1 amide bonds. The van der Waals surface area contributed by atoms with Crippen molar-refractivity contribution in [3.8, 4) is 17.2 Å². The number of methoxy groups -OCH3 is 3. The first-order valence-corrected chi connectivity index (χ1v) is 13.1. The van der Waals surface area contributed by atoms with E-state index in [4.69, 9.17) is 14.2 Å². The molecule has 1 atom stereocenters. The van der Waals surface area contributed by atoms with Crippen molar-refractivity contribution < 1.29 is 35.8 Å². The SMILES string of the molecule is COc1ccc(OC)c(CCNS(=O)(=O)c2cc(N3C(=O)C(C)CS3(=O)=O)ccc2OC)c1. The molecular formula is C21H26N2O8S2. The van der Waals surface area contributed by atoms with Gasteiger partial charge in [0.15, 0.2) is 0 Å². The summed E-state index contributed by atoms with van der Waals surface area (Å²) in [4.78, 5) is 12.1. The van der Waals surface area contributed by atoms with Crippen molar-refractivity contribution in [2.75, 3.05) is 37.9 Å². The van der Waals surface area contributed by atoms with Crippen LogP contribution >= 0.6 is 0 Å². The first kappa shape index (κ1) is 24.8. The molecule has 0 saturated carbocycles. The van der Waals surface area contributed by atoms with Crippen LogP contribution in [0.4, 0.5) is 5.69 Å². The zero-order valence-corrected chi connectivity index (χ0v) is 20.3. The summed E-state index contributed by atoms with van der Waals surface area (Å²) < 4.78 is 69.8. The van der Waals surface area contributed by atoms with Crippen LogP contribution < -0.4 is 23.2 Å². The molecule has 12 heteroatoms. The molecule has 2 aromatic carbocycles. The average Bonchev–Trinajstić information content (AvgIpc) is 2.99. The van der Waals surface area contributed by atoms with Crippen LogP contribution in [0.5, 0.6) is 17.2 Å². The van der Waals surface area contributed by atoms with Crippen molar-refractivity contribution in [2.24, 2.45) is 5.92 Å². The highest BCUT2D eigenvalue weighted by Gasteiger charge is 2.42. The highest BCUT2D eigenvalue weighted by atomic mass is 32.2. The standard InChI is InChI=1S/C21H26N2O8S2/c1-14-13-32(25,26)23(21(14)24)16-5-7-19(31-4)20(12-16)33(27,28)22-10-9-15-11-17(29-2)6-8-18(15)30-3/h5-8,11-12,14,22H,9-10,13H2,1-4H3. The van der Waals surface area contributed by atoms with Crippen LogP contribution in [0.2, 0.25) is 0 Å². The number of carbonyl (C=O) groups excluding carboxylic acids is 1. The predicted octanol–water partition coefficient (Wildman–Crippen LogP) is 1.55. The van der Waals surface area contributed by atoms with Gasteiger partial charge in [-0.1, -0.05) is 6.92 Å². The van der Waals surface area contributed by atoms with Gasteiger partial charge in [0.2, 0.25) is 26.0 Å². The molecule has 1 saturated heterocycles. The van der Waals surface area contributed by atoms with Gasteiger partial charge in [-0.2, -0.15) is 0 Å². The number of rotatable bonds is 9. The van der Waals surface area contributed by atoms with Crippen LogP contribution in [0.3, 0.4) is 0 Å². The van der Waals surface area contributed by atoms with E-state index in [1.165, 1.54) is 40.4 Å². The fourth-order valence-corrected chi connectivity index (χ4v) is 6.59. The first-order chi connectivity index (χ1) is 15.5. The molecule has 1 aliphatic heterocycles. The van der Waals surface area contributed by atoms with E-state index < -0.39 is 31.9 Å². The molecule has 1 heterocycles. The van der Waals surface area contributed by atoms with E-state index >= 15 is 0 Å². The number of nitrogens with zero attached hydrogens (tertiary/aromatic N) is 1. The Morgan fingerprint density at radius 3 is 2.27 bits per heavy atom. The molecule has 1 fully saturated rings. The summed E-state index contributed by atoms with van der Waals surface area (Å²) in [6, 6.07) is 8.99. The number of hydrogen-bond donors (Lipinski definition) is 1. The van der Waals surface area contributed by atoms with Gasteiger partial charge >= 0.3 is 0 Å². The van der Waals surface area contributed by atoms with Crippen LogP contribution in [0.1, 0.15) is 12.5 Å². The lowest BCUT2D eigenvalue weighted by atomic mass is 10.1. The first-order valence-electron chi connectivity index (χ1n) is 9.99. The van der Waals surface area contributed by atoms with Gasteiger partial charge in [0.25, 0.3) is 0 Å². The maximum absolute atomic E-state index is 13.1. The van der Waals surface area contributed by atoms with E-state index in [0.29, 0.717) is 22.2 Å². The Balaban J connectivity index is 1.87. The van der Waals surface area contributed by atoms with Gasteiger partial charge < -0.3 is 14.2 Å². The van der Waals surface area contributed by atoms with Gasteiger partial charge in [0, 0.05) is 6.54 Å². The maximum atomic E-state index is 13.1. The quantitative estimate of drug-likeness (QED) is 0.551. The molecular weight excluding hydrogens is 472 g/mol. The topological polar surface area (TPSA) is 128 Å². The summed E-state index contributed by atoms with van der Waals surface area (Å²) in [5.74, 6) is -0.451. The van der Waals surface area contributed by atoms with E-state index in [0.717, 1.165) is 11.6 Å². The van der Waals surface area contributed by atoms with Crippen molar-refractivity contribution in [1.82, 2.24) is 4.72 Å². The van der Waals surface area contributed by atoms with Gasteiger partial charge in [0.1, 0.15) is 22.1 Å². The van der Waals surface area contributed by atoms with Gasteiger partial charge in [-0.15, -0.1) is 0 Å². The highest BCUT2D eigenvalue weighted by molar-refractivity contribution is 7.94. The molecule has 10 nitrogen and oxygen atoms in total. The Kier molecular flexibility index (Phi) is 7.20. The molecule has 33 heavy (non-hydrogen) atoms. The largest absolute Gasteiger partial charge is 0.497 e. The van der Waals surface area contributed by atoms with Gasteiger partial charge in [-0.3, -0.25) is 4.79 Å². The fourth-order valence-electron chi connectivity index (χ4n) is 3.56. The van der Waals surface area contributed by atoms with E-state index in [1.807, 2.05) is 0 Å². The number of benzene rings is 2. The Hall–Kier alpha value is -2.83. The third-order valence-electron chi connectivity index (χ3n) is 5.21. The molecule has 0 bridgehead atoms. The summed E-state index contributed by atoms with van der Waals surface area (Å²) in [6.07, 6.45) is 0.304. The molecule has 2 aromatic rings. The van der Waals surface area contributed by atoms with Crippen molar-refractivity contribution >= 4 is 31.6 Å². The summed E-state index contributed by atoms with van der Waals surface area (Å²) >= 11 is 0. The molecule has 3 rings (SSSR count). The fraction of sp³-hybridized carbons (Fsp3) is 0.381. The monoisotopic (exact) mass is 498 g/mol. The van der Waals surface area contributed by atoms with E-state index in [1.54, 1.807) is 18.2 Å². The second-order valence-electron chi connectivity index (χ2n) is 7.44. The summed E-state index contributed by atoms with van der Waals surface area (Å²) in [7, 11) is -3.65. The minimum Gasteiger partial charge on any atom is -0.497 e. The summed E-state index contributed by atoms with van der Waals surface area (Å²) in [5.41, 5.74) is 0.683. The maximum Gasteiger partial charge on any atom is 0.244 e. The van der Waals surface area contributed by atoms with Crippen LogP contribution in [-0.2, 0) is 31.3 Å².